The fourth-order valence-corrected chi connectivity index (χ4v) is 3.45. The average molecular weight is 422 g/mol. The Hall–Kier alpha value is -3.39. The Labute approximate surface area is 181 Å². The summed E-state index contributed by atoms with van der Waals surface area (Å²) in [5.41, 5.74) is 2.58. The van der Waals surface area contributed by atoms with Gasteiger partial charge in [-0.1, -0.05) is 18.2 Å². The Kier molecular flexibility index (Phi) is 6.78. The molecule has 1 saturated heterocycles. The summed E-state index contributed by atoms with van der Waals surface area (Å²) in [5, 5.41) is 7.03. The molecule has 0 aliphatic carbocycles. The van der Waals surface area contributed by atoms with E-state index in [4.69, 9.17) is 14.2 Å². The van der Waals surface area contributed by atoms with Gasteiger partial charge in [-0.05, 0) is 48.2 Å². The van der Waals surface area contributed by atoms with Crippen molar-refractivity contribution in [2.24, 2.45) is 0 Å². The molecule has 1 amide bonds. The summed E-state index contributed by atoms with van der Waals surface area (Å²) in [6.45, 7) is 2.32. The Balaban J connectivity index is 1.31. The topological polar surface area (TPSA) is 87.5 Å². The van der Waals surface area contributed by atoms with Crippen molar-refractivity contribution in [3.63, 3.8) is 0 Å². The van der Waals surface area contributed by atoms with Crippen LogP contribution in [0.3, 0.4) is 0 Å². The van der Waals surface area contributed by atoms with Gasteiger partial charge in [-0.2, -0.15) is 5.10 Å². The van der Waals surface area contributed by atoms with Gasteiger partial charge in [0, 0.05) is 18.7 Å². The molecule has 3 aromatic rings. The summed E-state index contributed by atoms with van der Waals surface area (Å²) in [6.07, 6.45) is 5.40. The van der Waals surface area contributed by atoms with E-state index in [0.717, 1.165) is 30.6 Å². The number of carbonyl (C=O) groups excluding carboxylic acids is 1. The van der Waals surface area contributed by atoms with E-state index >= 15 is 0 Å². The first-order valence-electron chi connectivity index (χ1n) is 10.3. The van der Waals surface area contributed by atoms with E-state index in [1.807, 2.05) is 42.5 Å². The Morgan fingerprint density at radius 3 is 2.74 bits per heavy atom. The summed E-state index contributed by atoms with van der Waals surface area (Å²) in [5.74, 6) is 1.18. The molecule has 4 rings (SSSR count). The van der Waals surface area contributed by atoms with Crippen molar-refractivity contribution in [1.82, 2.24) is 20.1 Å². The molecule has 2 heterocycles. The van der Waals surface area contributed by atoms with Gasteiger partial charge < -0.3 is 19.5 Å². The maximum absolute atomic E-state index is 12.5. The van der Waals surface area contributed by atoms with Crippen molar-refractivity contribution >= 4 is 5.91 Å². The predicted octanol–water partition coefficient (Wildman–Crippen LogP) is 2.82. The lowest BCUT2D eigenvalue weighted by molar-refractivity contribution is 0.0669. The molecule has 1 aliphatic rings. The molecule has 0 bridgehead atoms. The third kappa shape index (κ3) is 5.61. The van der Waals surface area contributed by atoms with Crippen LogP contribution in [0.4, 0.5) is 0 Å². The van der Waals surface area contributed by atoms with Crippen LogP contribution in [-0.2, 0) is 17.8 Å². The minimum absolute atomic E-state index is 0.134. The summed E-state index contributed by atoms with van der Waals surface area (Å²) >= 11 is 0. The van der Waals surface area contributed by atoms with E-state index in [9.17, 15) is 4.79 Å². The number of hydrogen-bond donors (Lipinski definition) is 1. The van der Waals surface area contributed by atoms with Crippen LogP contribution in [0, 0.1) is 0 Å². The first-order valence-corrected chi connectivity index (χ1v) is 10.3. The number of nitrogens with one attached hydrogen (secondary N) is 1. The van der Waals surface area contributed by atoms with Crippen LogP contribution in [-0.4, -0.2) is 47.1 Å². The van der Waals surface area contributed by atoms with Crippen LogP contribution in [0.1, 0.15) is 34.3 Å². The lowest BCUT2D eigenvalue weighted by atomic mass is 10.1. The minimum atomic E-state index is -0.134. The molecule has 1 unspecified atom stereocenters. The van der Waals surface area contributed by atoms with E-state index in [1.165, 1.54) is 6.33 Å². The summed E-state index contributed by atoms with van der Waals surface area (Å²) in [7, 11) is 1.61. The maximum atomic E-state index is 12.5. The van der Waals surface area contributed by atoms with Crippen molar-refractivity contribution < 1.29 is 19.0 Å². The molecule has 1 fully saturated rings. The second kappa shape index (κ2) is 10.1. The van der Waals surface area contributed by atoms with Gasteiger partial charge in [-0.3, -0.25) is 4.79 Å². The Morgan fingerprint density at radius 1 is 1.19 bits per heavy atom. The third-order valence-electron chi connectivity index (χ3n) is 5.16. The fraction of sp³-hybridized carbons (Fsp3) is 0.348. The van der Waals surface area contributed by atoms with E-state index in [-0.39, 0.29) is 12.0 Å². The molecule has 1 aromatic heterocycles. The van der Waals surface area contributed by atoms with Crippen molar-refractivity contribution in [3.05, 3.63) is 71.8 Å². The van der Waals surface area contributed by atoms with E-state index in [2.05, 4.69) is 15.4 Å². The minimum Gasteiger partial charge on any atom is -0.493 e. The molecule has 2 aromatic carbocycles. The van der Waals surface area contributed by atoms with Gasteiger partial charge in [0.15, 0.2) is 11.5 Å². The molecular formula is C23H26N4O4. The van der Waals surface area contributed by atoms with E-state index in [1.54, 1.807) is 18.1 Å². The number of amides is 1. The molecular weight excluding hydrogens is 396 g/mol. The van der Waals surface area contributed by atoms with Gasteiger partial charge in [-0.15, -0.1) is 0 Å². The van der Waals surface area contributed by atoms with Crippen LogP contribution < -0.4 is 14.8 Å². The highest BCUT2D eigenvalue weighted by Crippen LogP contribution is 2.29. The van der Waals surface area contributed by atoms with Gasteiger partial charge in [0.2, 0.25) is 0 Å². The highest BCUT2D eigenvalue weighted by molar-refractivity contribution is 5.94. The third-order valence-corrected chi connectivity index (χ3v) is 5.16. The normalized spacial score (nSPS) is 15.6. The lowest BCUT2D eigenvalue weighted by Crippen LogP contribution is -2.22. The molecule has 0 spiro atoms. The van der Waals surface area contributed by atoms with Gasteiger partial charge in [0.1, 0.15) is 19.3 Å². The van der Waals surface area contributed by atoms with Gasteiger partial charge in [-0.25, -0.2) is 9.67 Å². The molecule has 0 radical (unpaired) electrons. The molecule has 8 heteroatoms. The number of hydrogen-bond acceptors (Lipinski definition) is 6. The van der Waals surface area contributed by atoms with Gasteiger partial charge in [0.05, 0.1) is 19.8 Å². The number of benzene rings is 2. The Morgan fingerprint density at radius 2 is 2.03 bits per heavy atom. The molecule has 1 N–H and O–H groups in total. The second-order valence-electron chi connectivity index (χ2n) is 7.40. The van der Waals surface area contributed by atoms with Crippen molar-refractivity contribution in [2.45, 2.75) is 32.0 Å². The number of aromatic nitrogens is 3. The second-order valence-corrected chi connectivity index (χ2v) is 7.40. The number of nitrogens with zero attached hydrogens (tertiary/aromatic N) is 3. The molecule has 0 saturated carbocycles. The molecule has 1 aliphatic heterocycles. The fourth-order valence-electron chi connectivity index (χ4n) is 3.45. The highest BCUT2D eigenvalue weighted by atomic mass is 16.5. The van der Waals surface area contributed by atoms with Crippen LogP contribution >= 0.6 is 0 Å². The van der Waals surface area contributed by atoms with Crippen molar-refractivity contribution in [1.29, 1.82) is 0 Å². The molecule has 8 nitrogen and oxygen atoms in total. The van der Waals surface area contributed by atoms with Gasteiger partial charge in [0.25, 0.3) is 5.91 Å². The summed E-state index contributed by atoms with van der Waals surface area (Å²) < 4.78 is 18.6. The Bertz CT molecular complexity index is 983. The average Bonchev–Trinajstić information content (AvgIpc) is 3.51. The maximum Gasteiger partial charge on any atom is 0.251 e. The van der Waals surface area contributed by atoms with Crippen LogP contribution in [0.2, 0.25) is 0 Å². The number of carbonyl (C=O) groups is 1. The largest absolute Gasteiger partial charge is 0.493 e. The first-order chi connectivity index (χ1) is 15.2. The quantitative estimate of drug-likeness (QED) is 0.571. The number of methoxy groups -OCH3 is 1. The summed E-state index contributed by atoms with van der Waals surface area (Å²) in [6, 6.07) is 13.1. The van der Waals surface area contributed by atoms with Crippen LogP contribution in [0.15, 0.2) is 55.1 Å². The zero-order valence-electron chi connectivity index (χ0n) is 17.5. The SMILES string of the molecule is COc1cc(CNC(=O)c2ccc(Cn3cncn3)cc2)ccc1OCC1CCCO1. The molecule has 31 heavy (non-hydrogen) atoms. The molecule has 1 atom stereocenters. The van der Waals surface area contributed by atoms with E-state index in [0.29, 0.717) is 36.8 Å². The number of rotatable bonds is 9. The van der Waals surface area contributed by atoms with E-state index < -0.39 is 0 Å². The molecule has 162 valence electrons. The lowest BCUT2D eigenvalue weighted by Gasteiger charge is -2.15. The smallest absolute Gasteiger partial charge is 0.251 e. The highest BCUT2D eigenvalue weighted by Gasteiger charge is 2.17. The number of ether oxygens (including phenoxy) is 3. The van der Waals surface area contributed by atoms with Crippen molar-refractivity contribution in [2.75, 3.05) is 20.3 Å². The van der Waals surface area contributed by atoms with Crippen LogP contribution in [0.5, 0.6) is 11.5 Å². The van der Waals surface area contributed by atoms with Gasteiger partial charge >= 0.3 is 0 Å². The zero-order valence-corrected chi connectivity index (χ0v) is 17.5. The monoisotopic (exact) mass is 422 g/mol. The predicted molar refractivity (Wildman–Crippen MR) is 114 cm³/mol. The summed E-state index contributed by atoms with van der Waals surface area (Å²) in [4.78, 5) is 16.4. The standard InChI is InChI=1S/C23H26N4O4/c1-29-22-11-18(6-9-21(22)31-14-20-3-2-10-30-20)12-25-23(28)19-7-4-17(5-8-19)13-27-16-24-15-26-27/h4-9,11,15-16,20H,2-3,10,12-14H2,1H3,(H,25,28). The first kappa shape index (κ1) is 20.9. The van der Waals surface area contributed by atoms with Crippen LogP contribution in [0.25, 0.3) is 0 Å². The zero-order chi connectivity index (χ0) is 21.5. The van der Waals surface area contributed by atoms with Crippen molar-refractivity contribution in [3.8, 4) is 11.5 Å².